The highest BCUT2D eigenvalue weighted by molar-refractivity contribution is 5.79. The van der Waals surface area contributed by atoms with E-state index in [1.807, 2.05) is 0 Å². The van der Waals surface area contributed by atoms with E-state index in [1.54, 1.807) is 0 Å². The molecule has 134 valence electrons. The van der Waals surface area contributed by atoms with Crippen LogP contribution < -0.4 is 10.6 Å². The Morgan fingerprint density at radius 3 is 2.52 bits per heavy atom. The van der Waals surface area contributed by atoms with Crippen LogP contribution in [0.25, 0.3) is 0 Å². The summed E-state index contributed by atoms with van der Waals surface area (Å²) in [4.78, 5) is 9.91. The highest BCUT2D eigenvalue weighted by atomic mass is 15.2. The van der Waals surface area contributed by atoms with Crippen LogP contribution in [-0.2, 0) is 0 Å². The van der Waals surface area contributed by atoms with Gasteiger partial charge in [-0.3, -0.25) is 9.89 Å². The van der Waals surface area contributed by atoms with Gasteiger partial charge in [-0.05, 0) is 59.2 Å². The Morgan fingerprint density at radius 1 is 1.00 bits per heavy atom. The zero-order valence-corrected chi connectivity index (χ0v) is 15.3. The minimum absolute atomic E-state index is 0.730. The summed E-state index contributed by atoms with van der Waals surface area (Å²) in [7, 11) is 0. The van der Waals surface area contributed by atoms with Crippen molar-refractivity contribution in [3.8, 4) is 0 Å². The fraction of sp³-hybridized carbons (Fsp3) is 0.944. The molecule has 1 atom stereocenters. The minimum Gasteiger partial charge on any atom is -0.357 e. The quantitative estimate of drug-likeness (QED) is 0.555. The van der Waals surface area contributed by atoms with Gasteiger partial charge in [0.25, 0.3) is 0 Å². The first kappa shape index (κ1) is 18.5. The average Bonchev–Trinajstić information content (AvgIpc) is 2.57. The van der Waals surface area contributed by atoms with Crippen molar-refractivity contribution >= 4 is 5.96 Å². The van der Waals surface area contributed by atoms with Crippen LogP contribution >= 0.6 is 0 Å². The number of aliphatic imine (C=N–C) groups is 1. The molecule has 0 aromatic heterocycles. The minimum atomic E-state index is 0.730. The molecule has 5 heteroatoms. The molecule has 2 heterocycles. The van der Waals surface area contributed by atoms with E-state index in [1.165, 1.54) is 58.2 Å². The van der Waals surface area contributed by atoms with E-state index < -0.39 is 0 Å². The molecule has 2 aliphatic heterocycles. The molecule has 5 nitrogen and oxygen atoms in total. The van der Waals surface area contributed by atoms with Crippen molar-refractivity contribution in [3.63, 3.8) is 0 Å². The molecule has 0 aromatic carbocycles. The molecule has 23 heavy (non-hydrogen) atoms. The Labute approximate surface area is 142 Å². The third-order valence-electron chi connectivity index (χ3n) is 5.11. The predicted octanol–water partition coefficient (Wildman–Crippen LogP) is 1.90. The van der Waals surface area contributed by atoms with Gasteiger partial charge in [0.15, 0.2) is 5.96 Å². The van der Waals surface area contributed by atoms with E-state index in [2.05, 4.69) is 34.3 Å². The van der Waals surface area contributed by atoms with E-state index >= 15 is 0 Å². The third-order valence-corrected chi connectivity index (χ3v) is 5.11. The molecule has 0 bridgehead atoms. The zero-order chi connectivity index (χ0) is 16.3. The standard InChI is InChI=1S/C18H37N5/c1-3-19-18(20-10-15-22-12-6-4-7-13-22)21-11-16-23-14-8-5-9-17(23)2/h17H,3-16H2,1-2H3,(H2,19,20,21). The normalized spacial score (nSPS) is 24.6. The van der Waals surface area contributed by atoms with Crippen molar-refractivity contribution in [2.24, 2.45) is 4.99 Å². The van der Waals surface area contributed by atoms with Crippen molar-refractivity contribution < 1.29 is 0 Å². The predicted molar refractivity (Wildman–Crippen MR) is 99.2 cm³/mol. The van der Waals surface area contributed by atoms with Crippen LogP contribution in [-0.4, -0.2) is 74.2 Å². The SMILES string of the molecule is CCNC(=NCCN1CCCCC1C)NCCN1CCCCC1. The summed E-state index contributed by atoms with van der Waals surface area (Å²) in [6.45, 7) is 13.3. The zero-order valence-electron chi connectivity index (χ0n) is 15.3. The van der Waals surface area contributed by atoms with Gasteiger partial charge >= 0.3 is 0 Å². The summed E-state index contributed by atoms with van der Waals surface area (Å²) in [5.41, 5.74) is 0. The van der Waals surface area contributed by atoms with Gasteiger partial charge < -0.3 is 15.5 Å². The summed E-state index contributed by atoms with van der Waals surface area (Å²) in [5, 5.41) is 6.87. The fourth-order valence-corrected chi connectivity index (χ4v) is 3.64. The van der Waals surface area contributed by atoms with Crippen molar-refractivity contribution in [3.05, 3.63) is 0 Å². The number of hydrogen-bond acceptors (Lipinski definition) is 3. The molecular weight excluding hydrogens is 286 g/mol. The van der Waals surface area contributed by atoms with Crippen LogP contribution in [0.15, 0.2) is 4.99 Å². The lowest BCUT2D eigenvalue weighted by Crippen LogP contribution is -2.43. The van der Waals surface area contributed by atoms with E-state index in [-0.39, 0.29) is 0 Å². The van der Waals surface area contributed by atoms with Gasteiger partial charge in [0.1, 0.15) is 0 Å². The van der Waals surface area contributed by atoms with Gasteiger partial charge in [-0.1, -0.05) is 12.8 Å². The molecule has 0 saturated carbocycles. The van der Waals surface area contributed by atoms with Crippen molar-refractivity contribution in [2.75, 3.05) is 52.4 Å². The average molecular weight is 324 g/mol. The summed E-state index contributed by atoms with van der Waals surface area (Å²) in [5.74, 6) is 0.981. The van der Waals surface area contributed by atoms with Crippen LogP contribution in [0.4, 0.5) is 0 Å². The summed E-state index contributed by atoms with van der Waals surface area (Å²) < 4.78 is 0. The lowest BCUT2D eigenvalue weighted by atomic mass is 10.0. The van der Waals surface area contributed by atoms with Gasteiger partial charge in [0.05, 0.1) is 6.54 Å². The van der Waals surface area contributed by atoms with Crippen LogP contribution in [0.5, 0.6) is 0 Å². The molecule has 2 fully saturated rings. The number of nitrogens with one attached hydrogen (secondary N) is 2. The Bertz CT molecular complexity index is 338. The highest BCUT2D eigenvalue weighted by Crippen LogP contribution is 2.15. The molecular formula is C18H37N5. The Kier molecular flexibility index (Phi) is 8.76. The van der Waals surface area contributed by atoms with Crippen LogP contribution in [0.1, 0.15) is 52.4 Å². The Balaban J connectivity index is 1.66. The smallest absolute Gasteiger partial charge is 0.191 e. The second kappa shape index (κ2) is 10.9. The van der Waals surface area contributed by atoms with Crippen molar-refractivity contribution in [1.29, 1.82) is 0 Å². The maximum Gasteiger partial charge on any atom is 0.191 e. The number of likely N-dealkylation sites (tertiary alicyclic amines) is 2. The van der Waals surface area contributed by atoms with Gasteiger partial charge in [0, 0.05) is 32.2 Å². The molecule has 2 N–H and O–H groups in total. The van der Waals surface area contributed by atoms with Crippen molar-refractivity contribution in [1.82, 2.24) is 20.4 Å². The highest BCUT2D eigenvalue weighted by Gasteiger charge is 2.17. The van der Waals surface area contributed by atoms with Gasteiger partial charge in [-0.2, -0.15) is 0 Å². The topological polar surface area (TPSA) is 42.9 Å². The lowest BCUT2D eigenvalue weighted by molar-refractivity contribution is 0.166. The number of hydrogen-bond donors (Lipinski definition) is 2. The number of piperidine rings is 2. The second-order valence-electron chi connectivity index (χ2n) is 6.97. The molecule has 2 aliphatic rings. The fourth-order valence-electron chi connectivity index (χ4n) is 3.64. The number of rotatable bonds is 7. The molecule has 0 amide bonds. The van der Waals surface area contributed by atoms with Gasteiger partial charge in [-0.25, -0.2) is 0 Å². The summed E-state index contributed by atoms with van der Waals surface area (Å²) in [6.07, 6.45) is 8.22. The maximum absolute atomic E-state index is 4.76. The van der Waals surface area contributed by atoms with E-state index in [0.29, 0.717) is 0 Å². The first-order valence-electron chi connectivity index (χ1n) is 9.78. The Hall–Kier alpha value is -0.810. The third kappa shape index (κ3) is 7.08. The lowest BCUT2D eigenvalue weighted by Gasteiger charge is -2.32. The van der Waals surface area contributed by atoms with Crippen molar-refractivity contribution in [2.45, 2.75) is 58.4 Å². The van der Waals surface area contributed by atoms with Crippen LogP contribution in [0.3, 0.4) is 0 Å². The first-order chi connectivity index (χ1) is 11.3. The van der Waals surface area contributed by atoms with E-state index in [0.717, 1.165) is 44.7 Å². The molecule has 0 aliphatic carbocycles. The summed E-state index contributed by atoms with van der Waals surface area (Å²) >= 11 is 0. The van der Waals surface area contributed by atoms with Crippen LogP contribution in [0.2, 0.25) is 0 Å². The molecule has 0 radical (unpaired) electrons. The largest absolute Gasteiger partial charge is 0.357 e. The summed E-state index contributed by atoms with van der Waals surface area (Å²) in [6, 6.07) is 0.730. The number of nitrogens with zero attached hydrogens (tertiary/aromatic N) is 3. The second-order valence-corrected chi connectivity index (χ2v) is 6.97. The molecule has 2 rings (SSSR count). The van der Waals surface area contributed by atoms with E-state index in [4.69, 9.17) is 4.99 Å². The van der Waals surface area contributed by atoms with Crippen LogP contribution in [0, 0.1) is 0 Å². The van der Waals surface area contributed by atoms with Gasteiger partial charge in [-0.15, -0.1) is 0 Å². The van der Waals surface area contributed by atoms with Gasteiger partial charge in [0.2, 0.25) is 0 Å². The molecule has 0 aromatic rings. The Morgan fingerprint density at radius 2 is 1.78 bits per heavy atom. The first-order valence-corrected chi connectivity index (χ1v) is 9.78. The monoisotopic (exact) mass is 323 g/mol. The molecule has 1 unspecified atom stereocenters. The van der Waals surface area contributed by atoms with E-state index in [9.17, 15) is 0 Å². The molecule has 2 saturated heterocycles. The maximum atomic E-state index is 4.76. The molecule has 0 spiro atoms. The number of guanidine groups is 1.